The van der Waals surface area contributed by atoms with E-state index in [0.717, 1.165) is 36.7 Å². The Hall–Kier alpha value is -1.75. The molecule has 0 fully saturated rings. The number of nitrogens with zero attached hydrogens (tertiary/aromatic N) is 3. The molecule has 0 spiro atoms. The molecule has 0 atom stereocenters. The van der Waals surface area contributed by atoms with E-state index in [1.807, 2.05) is 0 Å². The van der Waals surface area contributed by atoms with Crippen molar-refractivity contribution in [1.29, 1.82) is 0 Å². The molecule has 0 aliphatic carbocycles. The Morgan fingerprint density at radius 3 is 3.12 bits per heavy atom. The van der Waals surface area contributed by atoms with Crippen LogP contribution in [0.15, 0.2) is 24.7 Å². The zero-order valence-electron chi connectivity index (χ0n) is 8.65. The molecule has 2 aromatic rings. The fraction of sp³-hybridized carbons (Fsp3) is 0.273. The van der Waals surface area contributed by atoms with Gasteiger partial charge in [-0.25, -0.2) is 9.37 Å². The van der Waals surface area contributed by atoms with E-state index in [4.69, 9.17) is 0 Å². The normalized spacial score (nSPS) is 14.8. The van der Waals surface area contributed by atoms with E-state index in [1.165, 1.54) is 12.3 Å². The number of fused-ring (bicyclic) bond motifs is 1. The minimum Gasteiger partial charge on any atom is -0.326 e. The lowest BCUT2D eigenvalue weighted by atomic mass is 10.2. The molecule has 2 aromatic heterocycles. The molecule has 0 saturated heterocycles. The summed E-state index contributed by atoms with van der Waals surface area (Å²) in [6.07, 6.45) is 4.65. The van der Waals surface area contributed by atoms with Crippen molar-refractivity contribution in [2.24, 2.45) is 0 Å². The van der Waals surface area contributed by atoms with Crippen molar-refractivity contribution in [2.45, 2.75) is 13.1 Å². The number of rotatable bonds is 1. The van der Waals surface area contributed by atoms with Gasteiger partial charge in [-0.1, -0.05) is 0 Å². The van der Waals surface area contributed by atoms with Crippen LogP contribution < -0.4 is 5.32 Å². The Balaban J connectivity index is 2.09. The van der Waals surface area contributed by atoms with Gasteiger partial charge < -0.3 is 9.88 Å². The fourth-order valence-corrected chi connectivity index (χ4v) is 1.98. The lowest BCUT2D eigenvalue weighted by Crippen LogP contribution is -2.28. The maximum Gasteiger partial charge on any atom is 0.142 e. The van der Waals surface area contributed by atoms with Crippen LogP contribution >= 0.6 is 0 Å². The van der Waals surface area contributed by atoms with Gasteiger partial charge in [-0.15, -0.1) is 0 Å². The number of imidazole rings is 1. The van der Waals surface area contributed by atoms with Gasteiger partial charge in [0.05, 0.1) is 24.6 Å². The first-order chi connectivity index (χ1) is 7.84. The van der Waals surface area contributed by atoms with Crippen LogP contribution in [0.25, 0.3) is 11.3 Å². The van der Waals surface area contributed by atoms with Gasteiger partial charge in [0.2, 0.25) is 0 Å². The standard InChI is InChI=1S/C11H11FN4/c12-9-3-8(4-14-5-9)10-6-15-11-7-13-1-2-16(10)11/h3-6,13H,1-2,7H2. The summed E-state index contributed by atoms with van der Waals surface area (Å²) in [5.41, 5.74) is 1.71. The molecule has 0 aromatic carbocycles. The van der Waals surface area contributed by atoms with E-state index >= 15 is 0 Å². The van der Waals surface area contributed by atoms with Crippen molar-refractivity contribution in [1.82, 2.24) is 19.9 Å². The second-order valence-corrected chi connectivity index (χ2v) is 3.78. The van der Waals surface area contributed by atoms with Crippen LogP contribution in [0.1, 0.15) is 5.82 Å². The summed E-state index contributed by atoms with van der Waals surface area (Å²) in [6.45, 7) is 2.54. The topological polar surface area (TPSA) is 42.7 Å². The molecule has 3 heterocycles. The molecule has 4 nitrogen and oxygen atoms in total. The quantitative estimate of drug-likeness (QED) is 0.781. The van der Waals surface area contributed by atoms with Crippen molar-refractivity contribution >= 4 is 0 Å². The Bertz CT molecular complexity index is 520. The third-order valence-corrected chi connectivity index (χ3v) is 2.73. The van der Waals surface area contributed by atoms with Gasteiger partial charge in [0, 0.05) is 24.8 Å². The molecule has 1 aliphatic heterocycles. The maximum absolute atomic E-state index is 13.1. The zero-order chi connectivity index (χ0) is 11.0. The molecule has 5 heteroatoms. The van der Waals surface area contributed by atoms with E-state index < -0.39 is 0 Å². The lowest BCUT2D eigenvalue weighted by molar-refractivity contribution is 0.508. The highest BCUT2D eigenvalue weighted by Crippen LogP contribution is 2.21. The molecule has 1 aliphatic rings. The van der Waals surface area contributed by atoms with Gasteiger partial charge in [0.15, 0.2) is 0 Å². The average Bonchev–Trinajstić information content (AvgIpc) is 2.72. The number of nitrogens with one attached hydrogen (secondary N) is 1. The molecule has 82 valence electrons. The number of halogens is 1. The molecule has 16 heavy (non-hydrogen) atoms. The van der Waals surface area contributed by atoms with Gasteiger partial charge in [-0.2, -0.15) is 0 Å². The van der Waals surface area contributed by atoms with Gasteiger partial charge in [0.1, 0.15) is 11.6 Å². The van der Waals surface area contributed by atoms with Gasteiger partial charge in [0.25, 0.3) is 0 Å². The summed E-state index contributed by atoms with van der Waals surface area (Å²) in [5.74, 6) is 0.674. The number of pyridine rings is 1. The second-order valence-electron chi connectivity index (χ2n) is 3.78. The molecular formula is C11H11FN4. The molecule has 0 bridgehead atoms. The Kier molecular flexibility index (Phi) is 2.18. The second kappa shape index (κ2) is 3.68. The first-order valence-corrected chi connectivity index (χ1v) is 5.20. The molecule has 0 saturated carbocycles. The Morgan fingerprint density at radius 1 is 1.31 bits per heavy atom. The van der Waals surface area contributed by atoms with Gasteiger partial charge in [-0.3, -0.25) is 4.98 Å². The van der Waals surface area contributed by atoms with Crippen LogP contribution in [0.3, 0.4) is 0 Å². The van der Waals surface area contributed by atoms with Crippen molar-refractivity contribution < 1.29 is 4.39 Å². The van der Waals surface area contributed by atoms with Crippen LogP contribution in [-0.2, 0) is 13.1 Å². The highest BCUT2D eigenvalue weighted by atomic mass is 19.1. The summed E-state index contributed by atoms with van der Waals surface area (Å²) in [7, 11) is 0. The molecule has 0 unspecified atom stereocenters. The van der Waals surface area contributed by atoms with E-state index in [1.54, 1.807) is 12.4 Å². The van der Waals surface area contributed by atoms with Crippen LogP contribution in [0.4, 0.5) is 4.39 Å². The number of aromatic nitrogens is 3. The summed E-state index contributed by atoms with van der Waals surface area (Å²) in [6, 6.07) is 1.49. The average molecular weight is 218 g/mol. The molecule has 0 amide bonds. The maximum atomic E-state index is 13.1. The van der Waals surface area contributed by atoms with Crippen molar-refractivity contribution in [3.8, 4) is 11.3 Å². The fourth-order valence-electron chi connectivity index (χ4n) is 1.98. The lowest BCUT2D eigenvalue weighted by Gasteiger charge is -2.17. The first kappa shape index (κ1) is 9.47. The van der Waals surface area contributed by atoms with Crippen molar-refractivity contribution in [2.75, 3.05) is 6.54 Å². The van der Waals surface area contributed by atoms with Crippen molar-refractivity contribution in [3.05, 3.63) is 36.3 Å². The molecule has 0 radical (unpaired) electrons. The van der Waals surface area contributed by atoms with E-state index in [2.05, 4.69) is 19.9 Å². The van der Waals surface area contributed by atoms with Crippen LogP contribution in [-0.4, -0.2) is 21.1 Å². The highest BCUT2D eigenvalue weighted by molar-refractivity contribution is 5.58. The van der Waals surface area contributed by atoms with Crippen LogP contribution in [0.2, 0.25) is 0 Å². The van der Waals surface area contributed by atoms with Gasteiger partial charge >= 0.3 is 0 Å². The third-order valence-electron chi connectivity index (χ3n) is 2.73. The highest BCUT2D eigenvalue weighted by Gasteiger charge is 2.14. The van der Waals surface area contributed by atoms with Crippen LogP contribution in [0, 0.1) is 5.82 Å². The largest absolute Gasteiger partial charge is 0.326 e. The first-order valence-electron chi connectivity index (χ1n) is 5.20. The smallest absolute Gasteiger partial charge is 0.142 e. The van der Waals surface area contributed by atoms with Crippen LogP contribution in [0.5, 0.6) is 0 Å². The minimum absolute atomic E-state index is 0.318. The summed E-state index contributed by atoms with van der Waals surface area (Å²) >= 11 is 0. The number of hydrogen-bond acceptors (Lipinski definition) is 3. The summed E-state index contributed by atoms with van der Waals surface area (Å²) in [4.78, 5) is 8.17. The zero-order valence-corrected chi connectivity index (χ0v) is 8.65. The third kappa shape index (κ3) is 1.49. The SMILES string of the molecule is Fc1cncc(-c2cnc3n2CCNC3)c1. The van der Waals surface area contributed by atoms with Crippen molar-refractivity contribution in [3.63, 3.8) is 0 Å². The predicted molar refractivity (Wildman–Crippen MR) is 57.1 cm³/mol. The van der Waals surface area contributed by atoms with Gasteiger partial charge in [-0.05, 0) is 6.07 Å². The summed E-state index contributed by atoms with van der Waals surface area (Å²) < 4.78 is 15.2. The Morgan fingerprint density at radius 2 is 2.25 bits per heavy atom. The summed E-state index contributed by atoms with van der Waals surface area (Å²) in [5, 5.41) is 3.24. The molecule has 3 rings (SSSR count). The monoisotopic (exact) mass is 218 g/mol. The predicted octanol–water partition coefficient (Wildman–Crippen LogP) is 1.19. The minimum atomic E-state index is -0.318. The molecule has 1 N–H and O–H groups in total. The van der Waals surface area contributed by atoms with E-state index in [0.29, 0.717) is 0 Å². The van der Waals surface area contributed by atoms with E-state index in [9.17, 15) is 4.39 Å². The number of hydrogen-bond donors (Lipinski definition) is 1. The Labute approximate surface area is 92.2 Å². The van der Waals surface area contributed by atoms with E-state index in [-0.39, 0.29) is 5.82 Å². The molecular weight excluding hydrogens is 207 g/mol.